The Kier molecular flexibility index (Phi) is 24.9. The molecule has 1 N–H and O–H groups in total. The van der Waals surface area contributed by atoms with Crippen LogP contribution in [0, 0.1) is 0 Å². The zero-order valence-corrected chi connectivity index (χ0v) is 27.9. The maximum atomic E-state index is 12.5. The van der Waals surface area contributed by atoms with E-state index in [0.29, 0.717) is 23.9 Å². The summed E-state index contributed by atoms with van der Waals surface area (Å²) < 4.78 is 33.9. The lowest BCUT2D eigenvalue weighted by molar-refractivity contribution is -0.870. The van der Waals surface area contributed by atoms with Gasteiger partial charge in [0.15, 0.2) is 6.10 Å². The molecule has 0 rings (SSSR count). The fourth-order valence-electron chi connectivity index (χ4n) is 4.25. The highest BCUT2D eigenvalue weighted by Gasteiger charge is 2.27. The number of likely N-dealkylation sites (N-methyl/N-ethyl adjacent to an activating group) is 1. The number of phosphoric acid groups is 1. The smallest absolute Gasteiger partial charge is 0.462 e. The van der Waals surface area contributed by atoms with Gasteiger partial charge in [0.25, 0.3) is 0 Å². The third kappa shape index (κ3) is 28.9. The molecule has 0 aromatic heterocycles. The van der Waals surface area contributed by atoms with E-state index in [0.717, 1.165) is 32.1 Å². The number of rotatable bonds is 29. The molecule has 0 saturated heterocycles. The van der Waals surface area contributed by atoms with Crippen molar-refractivity contribution in [2.24, 2.45) is 0 Å². The van der Waals surface area contributed by atoms with Crippen LogP contribution in [0.3, 0.4) is 0 Å². The quantitative estimate of drug-likeness (QED) is 0.0398. The van der Waals surface area contributed by atoms with Crippen molar-refractivity contribution in [1.82, 2.24) is 0 Å². The summed E-state index contributed by atoms with van der Waals surface area (Å²) >= 11 is 0. The van der Waals surface area contributed by atoms with Gasteiger partial charge in [0, 0.05) is 12.8 Å². The van der Waals surface area contributed by atoms with E-state index >= 15 is 0 Å². The number of quaternary nitrogens is 1. The number of ether oxygens (including phenoxy) is 2. The Bertz CT molecular complexity index is 698. The van der Waals surface area contributed by atoms with Crippen LogP contribution in [-0.2, 0) is 32.7 Å². The number of carbonyl (C=O) groups excluding carboxylic acids is 2. The summed E-state index contributed by atoms with van der Waals surface area (Å²) in [6.07, 6.45) is 18.8. The van der Waals surface area contributed by atoms with Crippen LogP contribution in [0.2, 0.25) is 0 Å². The van der Waals surface area contributed by atoms with Gasteiger partial charge >= 0.3 is 19.8 Å². The SMILES string of the molecule is CCCCCCCCCCCC(=O)OC(COC(=O)CCCCCCCCCC)COP(=O)(O)OCC[N+](C)(C)C. The molecule has 0 aliphatic heterocycles. The Balaban J connectivity index is 4.53. The molecule has 244 valence electrons. The van der Waals surface area contributed by atoms with Crippen LogP contribution in [0.1, 0.15) is 136 Å². The summed E-state index contributed by atoms with van der Waals surface area (Å²) in [5.74, 6) is -0.804. The Morgan fingerprint density at radius 3 is 1.56 bits per heavy atom. The third-order valence-corrected chi connectivity index (χ3v) is 7.87. The summed E-state index contributed by atoms with van der Waals surface area (Å²) in [7, 11) is 1.48. The molecule has 9 nitrogen and oxygen atoms in total. The number of esters is 2. The Morgan fingerprint density at radius 2 is 1.10 bits per heavy atom. The Labute approximate surface area is 251 Å². The van der Waals surface area contributed by atoms with Crippen molar-refractivity contribution in [2.45, 2.75) is 142 Å². The minimum Gasteiger partial charge on any atom is -0.462 e. The normalized spacial score (nSPS) is 14.0. The fraction of sp³-hybridized carbons (Fsp3) is 0.935. The standard InChI is InChI=1S/C31H62NO8P/c1-6-8-10-12-14-16-18-20-22-24-31(34)40-29(28-39-41(35,36)38-26-25-32(3,4)5)27-37-30(33)23-21-19-17-15-13-11-9-7-2/h29H,6-28H2,1-5H3/p+1. The van der Waals surface area contributed by atoms with Crippen LogP contribution < -0.4 is 0 Å². The number of phosphoric ester groups is 1. The molecular weight excluding hydrogens is 545 g/mol. The van der Waals surface area contributed by atoms with E-state index in [1.807, 2.05) is 21.1 Å². The number of hydrogen-bond acceptors (Lipinski definition) is 7. The first-order valence-electron chi connectivity index (χ1n) is 16.3. The van der Waals surface area contributed by atoms with E-state index in [4.69, 9.17) is 18.5 Å². The van der Waals surface area contributed by atoms with Crippen molar-refractivity contribution in [1.29, 1.82) is 0 Å². The molecule has 0 spiro atoms. The lowest BCUT2D eigenvalue weighted by atomic mass is 10.1. The molecule has 41 heavy (non-hydrogen) atoms. The number of hydrogen-bond donors (Lipinski definition) is 1. The van der Waals surface area contributed by atoms with Gasteiger partial charge in [-0.05, 0) is 12.8 Å². The highest BCUT2D eigenvalue weighted by Crippen LogP contribution is 2.43. The second-order valence-electron chi connectivity index (χ2n) is 12.2. The molecule has 0 aliphatic rings. The summed E-state index contributed by atoms with van der Waals surface area (Å²) in [6, 6.07) is 0. The van der Waals surface area contributed by atoms with E-state index in [1.54, 1.807) is 0 Å². The molecule has 0 bridgehead atoms. The van der Waals surface area contributed by atoms with E-state index in [1.165, 1.54) is 70.6 Å². The van der Waals surface area contributed by atoms with Gasteiger partial charge < -0.3 is 18.9 Å². The summed E-state index contributed by atoms with van der Waals surface area (Å²) in [5, 5.41) is 0. The molecule has 0 radical (unpaired) electrons. The molecule has 2 atom stereocenters. The average Bonchev–Trinajstić information content (AvgIpc) is 2.90. The zero-order valence-electron chi connectivity index (χ0n) is 27.0. The maximum Gasteiger partial charge on any atom is 0.472 e. The Hall–Kier alpha value is -0.990. The molecule has 0 aromatic rings. The molecule has 0 amide bonds. The van der Waals surface area contributed by atoms with Crippen molar-refractivity contribution in [3.05, 3.63) is 0 Å². The topological polar surface area (TPSA) is 108 Å². The molecule has 2 unspecified atom stereocenters. The number of nitrogens with zero attached hydrogens (tertiary/aromatic N) is 1. The van der Waals surface area contributed by atoms with Crippen molar-refractivity contribution in [3.8, 4) is 0 Å². The van der Waals surface area contributed by atoms with Crippen LogP contribution in [0.5, 0.6) is 0 Å². The van der Waals surface area contributed by atoms with Gasteiger partial charge in [-0.2, -0.15) is 0 Å². The molecular formula is C31H63NO8P+. The lowest BCUT2D eigenvalue weighted by Crippen LogP contribution is -2.37. The van der Waals surface area contributed by atoms with Gasteiger partial charge in [-0.1, -0.05) is 110 Å². The summed E-state index contributed by atoms with van der Waals surface area (Å²) in [6.45, 7) is 4.34. The van der Waals surface area contributed by atoms with E-state index in [-0.39, 0.29) is 25.6 Å². The number of carbonyl (C=O) groups is 2. The van der Waals surface area contributed by atoms with E-state index in [2.05, 4.69) is 13.8 Å². The van der Waals surface area contributed by atoms with Gasteiger partial charge in [-0.25, -0.2) is 4.57 Å². The van der Waals surface area contributed by atoms with Crippen LogP contribution in [0.15, 0.2) is 0 Å². The Morgan fingerprint density at radius 1 is 0.659 bits per heavy atom. The van der Waals surface area contributed by atoms with E-state index < -0.39 is 26.5 Å². The minimum atomic E-state index is -4.35. The van der Waals surface area contributed by atoms with Crippen molar-refractivity contribution >= 4 is 19.8 Å². The molecule has 0 saturated carbocycles. The molecule has 10 heteroatoms. The molecule has 0 aliphatic carbocycles. The molecule has 0 fully saturated rings. The van der Waals surface area contributed by atoms with Crippen molar-refractivity contribution < 1.29 is 42.1 Å². The first-order valence-corrected chi connectivity index (χ1v) is 17.8. The van der Waals surface area contributed by atoms with Gasteiger partial charge in [-0.3, -0.25) is 18.6 Å². The monoisotopic (exact) mass is 608 g/mol. The first-order chi connectivity index (χ1) is 19.5. The highest BCUT2D eigenvalue weighted by atomic mass is 31.2. The van der Waals surface area contributed by atoms with Crippen LogP contribution in [0.4, 0.5) is 0 Å². The summed E-state index contributed by atoms with van der Waals surface area (Å²) in [4.78, 5) is 34.8. The van der Waals surface area contributed by atoms with Gasteiger partial charge in [-0.15, -0.1) is 0 Å². The minimum absolute atomic E-state index is 0.0356. The van der Waals surface area contributed by atoms with Gasteiger partial charge in [0.2, 0.25) is 0 Å². The average molecular weight is 609 g/mol. The van der Waals surface area contributed by atoms with Crippen molar-refractivity contribution in [2.75, 3.05) is 47.5 Å². The highest BCUT2D eigenvalue weighted by molar-refractivity contribution is 7.47. The summed E-state index contributed by atoms with van der Waals surface area (Å²) in [5.41, 5.74) is 0. The van der Waals surface area contributed by atoms with Crippen LogP contribution in [-0.4, -0.2) is 74.9 Å². The predicted octanol–water partition coefficient (Wildman–Crippen LogP) is 7.73. The fourth-order valence-corrected chi connectivity index (χ4v) is 4.99. The first kappa shape index (κ1) is 40.0. The number of unbranched alkanes of at least 4 members (excludes halogenated alkanes) is 15. The second kappa shape index (κ2) is 25.5. The predicted molar refractivity (Wildman–Crippen MR) is 165 cm³/mol. The van der Waals surface area contributed by atoms with Gasteiger partial charge in [0.05, 0.1) is 27.7 Å². The maximum absolute atomic E-state index is 12.5. The van der Waals surface area contributed by atoms with E-state index in [9.17, 15) is 19.0 Å². The zero-order chi connectivity index (χ0) is 30.8. The molecule has 0 aromatic carbocycles. The lowest BCUT2D eigenvalue weighted by Gasteiger charge is -2.24. The van der Waals surface area contributed by atoms with Gasteiger partial charge in [0.1, 0.15) is 19.8 Å². The van der Waals surface area contributed by atoms with Crippen LogP contribution in [0.25, 0.3) is 0 Å². The van der Waals surface area contributed by atoms with Crippen LogP contribution >= 0.6 is 7.82 Å². The molecule has 0 heterocycles. The third-order valence-electron chi connectivity index (χ3n) is 6.89. The largest absolute Gasteiger partial charge is 0.472 e. The second-order valence-corrected chi connectivity index (χ2v) is 13.7. The van der Waals surface area contributed by atoms with Crippen molar-refractivity contribution in [3.63, 3.8) is 0 Å².